The molecule has 0 aliphatic carbocycles. The lowest BCUT2D eigenvalue weighted by atomic mass is 9.97. The number of rotatable bonds is 5. The minimum Gasteiger partial charge on any atom is -0.356 e. The molecule has 7 heteroatoms. The van der Waals surface area contributed by atoms with Gasteiger partial charge in [0.15, 0.2) is 5.82 Å². The maximum atomic E-state index is 12.3. The van der Waals surface area contributed by atoms with Gasteiger partial charge in [0, 0.05) is 17.0 Å². The molecule has 0 aromatic carbocycles. The lowest BCUT2D eigenvalue weighted by Gasteiger charge is -2.13. The van der Waals surface area contributed by atoms with Gasteiger partial charge in [0.2, 0.25) is 5.91 Å². The Balaban J connectivity index is 2.27. The van der Waals surface area contributed by atoms with Crippen LogP contribution in [0.4, 0.5) is 0 Å². The van der Waals surface area contributed by atoms with E-state index in [1.165, 1.54) is 16.0 Å². The molecule has 1 N–H and O–H groups in total. The number of fused-ring (bicyclic) bond motifs is 3. The van der Waals surface area contributed by atoms with Crippen LogP contribution < -0.4 is 5.32 Å². The van der Waals surface area contributed by atoms with Gasteiger partial charge in [0.25, 0.3) is 0 Å². The molecule has 0 spiro atoms. The van der Waals surface area contributed by atoms with Crippen molar-refractivity contribution in [1.29, 1.82) is 0 Å². The first-order chi connectivity index (χ1) is 12.9. The Morgan fingerprint density at radius 3 is 2.63 bits per heavy atom. The normalized spacial score (nSPS) is 16.4. The Bertz CT molecular complexity index is 935. The third-order valence-corrected chi connectivity index (χ3v) is 6.22. The fourth-order valence-corrected chi connectivity index (χ4v) is 4.72. The van der Waals surface area contributed by atoms with Gasteiger partial charge in [-0.2, -0.15) is 0 Å². The number of thiophene rings is 1. The number of aliphatic imine (C=N–C) groups is 1. The molecule has 1 atom stereocenters. The van der Waals surface area contributed by atoms with Gasteiger partial charge in [-0.25, -0.2) is 0 Å². The van der Waals surface area contributed by atoms with Crippen LogP contribution in [0.3, 0.4) is 0 Å². The first-order valence-electron chi connectivity index (χ1n) is 9.45. The molecule has 1 aliphatic heterocycles. The van der Waals surface area contributed by atoms with Crippen molar-refractivity contribution >= 4 is 23.0 Å². The number of carbonyl (C=O) groups is 1. The summed E-state index contributed by atoms with van der Waals surface area (Å²) >= 11 is 1.74. The highest BCUT2D eigenvalue weighted by atomic mass is 32.1. The summed E-state index contributed by atoms with van der Waals surface area (Å²) in [7, 11) is 0. The van der Waals surface area contributed by atoms with Crippen molar-refractivity contribution in [2.24, 2.45) is 4.99 Å². The summed E-state index contributed by atoms with van der Waals surface area (Å²) in [5.74, 6) is 1.54. The molecule has 0 fully saturated rings. The molecular formula is C20H27N5OS. The first-order valence-corrected chi connectivity index (χ1v) is 10.3. The van der Waals surface area contributed by atoms with Crippen LogP contribution in [0.5, 0.6) is 0 Å². The van der Waals surface area contributed by atoms with Crippen molar-refractivity contribution in [2.75, 3.05) is 6.54 Å². The van der Waals surface area contributed by atoms with Gasteiger partial charge in [-0.1, -0.05) is 13.0 Å². The second-order valence-corrected chi connectivity index (χ2v) is 7.93. The van der Waals surface area contributed by atoms with E-state index in [4.69, 9.17) is 4.99 Å². The monoisotopic (exact) mass is 385 g/mol. The molecular weight excluding hydrogens is 358 g/mol. The van der Waals surface area contributed by atoms with E-state index in [9.17, 15) is 4.79 Å². The Kier molecular flexibility index (Phi) is 5.60. The van der Waals surface area contributed by atoms with E-state index in [1.807, 2.05) is 20.8 Å². The highest BCUT2D eigenvalue weighted by molar-refractivity contribution is 7.15. The van der Waals surface area contributed by atoms with Crippen LogP contribution in [0.15, 0.2) is 16.6 Å². The molecule has 2 aromatic heterocycles. The maximum Gasteiger partial charge on any atom is 0.222 e. The van der Waals surface area contributed by atoms with Gasteiger partial charge in [-0.05, 0) is 52.2 Å². The predicted molar refractivity (Wildman–Crippen MR) is 110 cm³/mol. The minimum atomic E-state index is -0.353. The van der Waals surface area contributed by atoms with E-state index in [-0.39, 0.29) is 18.4 Å². The van der Waals surface area contributed by atoms with Crippen molar-refractivity contribution in [2.45, 2.75) is 60.4 Å². The molecule has 27 heavy (non-hydrogen) atoms. The Morgan fingerprint density at radius 1 is 1.26 bits per heavy atom. The number of nitrogens with one attached hydrogen (secondary N) is 1. The molecule has 0 radical (unpaired) electrons. The third kappa shape index (κ3) is 3.36. The summed E-state index contributed by atoms with van der Waals surface area (Å²) < 4.78 is 2.09. The van der Waals surface area contributed by atoms with Crippen molar-refractivity contribution in [3.05, 3.63) is 39.3 Å². The molecule has 1 amide bonds. The van der Waals surface area contributed by atoms with Crippen LogP contribution in [0.2, 0.25) is 0 Å². The highest BCUT2D eigenvalue weighted by Crippen LogP contribution is 2.39. The average molecular weight is 386 g/mol. The van der Waals surface area contributed by atoms with E-state index in [1.54, 1.807) is 11.3 Å². The first kappa shape index (κ1) is 19.5. The molecule has 144 valence electrons. The number of carbonyl (C=O) groups excluding carboxylic acids is 1. The van der Waals surface area contributed by atoms with Crippen molar-refractivity contribution in [3.8, 4) is 5.00 Å². The topological polar surface area (TPSA) is 72.2 Å². The van der Waals surface area contributed by atoms with E-state index in [2.05, 4.69) is 46.9 Å². The Hall–Kier alpha value is -2.28. The number of aryl methyl sites for hydroxylation is 2. The summed E-state index contributed by atoms with van der Waals surface area (Å²) in [4.78, 5) is 18.7. The van der Waals surface area contributed by atoms with Crippen molar-refractivity contribution in [3.63, 3.8) is 0 Å². The minimum absolute atomic E-state index is 0.0190. The second-order valence-electron chi connectivity index (χ2n) is 6.72. The highest BCUT2D eigenvalue weighted by Gasteiger charge is 2.32. The van der Waals surface area contributed by atoms with Gasteiger partial charge < -0.3 is 5.32 Å². The lowest BCUT2D eigenvalue weighted by molar-refractivity contribution is -0.121. The Morgan fingerprint density at radius 2 is 2.00 bits per heavy atom. The number of amides is 1. The fraction of sp³-hybridized carbons (Fsp3) is 0.500. The van der Waals surface area contributed by atoms with Gasteiger partial charge in [-0.15, -0.1) is 21.5 Å². The molecule has 3 rings (SSSR count). The number of allylic oxidation sites excluding steroid dienone is 2. The molecule has 1 aliphatic rings. The van der Waals surface area contributed by atoms with Crippen LogP contribution in [0.1, 0.15) is 67.3 Å². The van der Waals surface area contributed by atoms with Crippen LogP contribution >= 0.6 is 11.3 Å². The van der Waals surface area contributed by atoms with Crippen molar-refractivity contribution in [1.82, 2.24) is 20.1 Å². The average Bonchev–Trinajstić information content (AvgIpc) is 3.10. The van der Waals surface area contributed by atoms with Gasteiger partial charge in [0.05, 0.1) is 12.1 Å². The lowest BCUT2D eigenvalue weighted by Crippen LogP contribution is -2.25. The van der Waals surface area contributed by atoms with Crippen molar-refractivity contribution < 1.29 is 4.79 Å². The van der Waals surface area contributed by atoms with Gasteiger partial charge >= 0.3 is 0 Å². The van der Waals surface area contributed by atoms with Crippen LogP contribution in [-0.2, 0) is 4.79 Å². The predicted octanol–water partition coefficient (Wildman–Crippen LogP) is 3.98. The summed E-state index contributed by atoms with van der Waals surface area (Å²) in [6.45, 7) is 13.0. The molecule has 0 saturated heterocycles. The zero-order chi connectivity index (χ0) is 19.7. The Labute approximate surface area is 164 Å². The van der Waals surface area contributed by atoms with Crippen LogP contribution in [0.25, 0.3) is 5.00 Å². The number of hydrogen-bond donors (Lipinski definition) is 1. The zero-order valence-electron chi connectivity index (χ0n) is 16.9. The number of nitrogens with zero attached hydrogens (tertiary/aromatic N) is 4. The SMILES string of the molecule is CC=C(CC)C1=NC(CC(=O)NCC)c2nnc(C)n2-c2sc(C)c(C)c21. The molecule has 2 aromatic rings. The molecule has 3 heterocycles. The van der Waals surface area contributed by atoms with Gasteiger partial charge in [0.1, 0.15) is 16.9 Å². The van der Waals surface area contributed by atoms with E-state index < -0.39 is 0 Å². The second kappa shape index (κ2) is 7.76. The molecule has 1 unspecified atom stereocenters. The smallest absolute Gasteiger partial charge is 0.222 e. The zero-order valence-corrected chi connectivity index (χ0v) is 17.7. The number of aromatic nitrogens is 3. The summed E-state index contributed by atoms with van der Waals surface area (Å²) in [6, 6.07) is -0.353. The number of hydrogen-bond acceptors (Lipinski definition) is 5. The standard InChI is InChI=1S/C20H27N5OS/c1-7-14(8-2)18-17-11(4)12(5)27-20(17)25-13(6)23-24-19(25)15(22-18)10-16(26)21-9-3/h7,15H,8-10H2,1-6H3,(H,21,26). The largest absolute Gasteiger partial charge is 0.356 e. The summed E-state index contributed by atoms with van der Waals surface area (Å²) in [6.07, 6.45) is 3.27. The summed E-state index contributed by atoms with van der Waals surface area (Å²) in [5.41, 5.74) is 4.56. The van der Waals surface area contributed by atoms with E-state index in [0.29, 0.717) is 6.54 Å². The molecule has 6 nitrogen and oxygen atoms in total. The maximum absolute atomic E-state index is 12.3. The third-order valence-electron chi connectivity index (χ3n) is 5.03. The fourth-order valence-electron chi connectivity index (χ4n) is 3.50. The van der Waals surface area contributed by atoms with Gasteiger partial charge in [-0.3, -0.25) is 14.4 Å². The molecule has 0 bridgehead atoms. The van der Waals surface area contributed by atoms with E-state index >= 15 is 0 Å². The quantitative estimate of drug-likeness (QED) is 0.846. The molecule has 0 saturated carbocycles. The van der Waals surface area contributed by atoms with E-state index in [0.717, 1.165) is 34.3 Å². The summed E-state index contributed by atoms with van der Waals surface area (Å²) in [5, 5.41) is 12.7. The van der Waals surface area contributed by atoms with Crippen LogP contribution in [0, 0.1) is 20.8 Å². The van der Waals surface area contributed by atoms with Crippen LogP contribution in [-0.4, -0.2) is 32.9 Å².